The molecule has 0 saturated carbocycles. The van der Waals surface area contributed by atoms with Crippen LogP contribution in [0.3, 0.4) is 0 Å². The molecule has 0 fully saturated rings. The third kappa shape index (κ3) is 2.58. The van der Waals surface area contributed by atoms with Crippen LogP contribution < -0.4 is 5.19 Å². The Hall–Kier alpha value is -1.41. The van der Waals surface area contributed by atoms with Gasteiger partial charge in [-0.15, -0.1) is 0 Å². The van der Waals surface area contributed by atoms with E-state index in [0.717, 1.165) is 10.8 Å². The molecule has 2 aromatic rings. The van der Waals surface area contributed by atoms with E-state index in [2.05, 4.69) is 0 Å². The number of hydrogen-bond acceptors (Lipinski definition) is 0. The first-order valence-corrected chi connectivity index (χ1v) is 8.05. The van der Waals surface area contributed by atoms with Crippen molar-refractivity contribution in [1.82, 2.24) is 0 Å². The van der Waals surface area contributed by atoms with Crippen molar-refractivity contribution in [3.8, 4) is 0 Å². The van der Waals surface area contributed by atoms with E-state index >= 15 is 0 Å². The van der Waals surface area contributed by atoms with Crippen LogP contribution in [0.25, 0.3) is 0 Å². The van der Waals surface area contributed by atoms with Gasteiger partial charge in [-0.2, -0.15) is 0 Å². The molecular formula is C14H15FSi. The zero-order chi connectivity index (χ0) is 11.4. The highest BCUT2D eigenvalue weighted by molar-refractivity contribution is 6.84. The fourth-order valence-corrected chi connectivity index (χ4v) is 3.96. The van der Waals surface area contributed by atoms with Crippen LogP contribution in [0.4, 0.5) is 4.11 Å². The summed E-state index contributed by atoms with van der Waals surface area (Å²) in [5, 5.41) is 0.874. The van der Waals surface area contributed by atoms with Crippen molar-refractivity contribution in [2.24, 2.45) is 0 Å². The van der Waals surface area contributed by atoms with Crippen molar-refractivity contribution in [2.45, 2.75) is 12.6 Å². The van der Waals surface area contributed by atoms with Crippen LogP contribution >= 0.6 is 0 Å². The van der Waals surface area contributed by atoms with E-state index in [9.17, 15) is 4.11 Å². The van der Waals surface area contributed by atoms with E-state index in [1.165, 1.54) is 0 Å². The summed E-state index contributed by atoms with van der Waals surface area (Å²) < 4.78 is 14.6. The molecule has 0 amide bonds. The van der Waals surface area contributed by atoms with Gasteiger partial charge in [-0.3, -0.25) is 0 Å². The molecule has 0 aliphatic rings. The summed E-state index contributed by atoms with van der Waals surface area (Å²) in [5.74, 6) is 0. The fraction of sp³-hybridized carbons (Fsp3) is 0.143. The maximum atomic E-state index is 14.6. The Labute approximate surface area is 96.9 Å². The zero-order valence-corrected chi connectivity index (χ0v) is 10.4. The van der Waals surface area contributed by atoms with Gasteiger partial charge in [0.25, 0.3) is 8.41 Å². The molecule has 0 heterocycles. The average Bonchev–Trinajstić information content (AvgIpc) is 2.31. The van der Waals surface area contributed by atoms with E-state index in [0.29, 0.717) is 6.04 Å². The molecule has 0 radical (unpaired) electrons. The highest BCUT2D eigenvalue weighted by Crippen LogP contribution is 2.13. The summed E-state index contributed by atoms with van der Waals surface area (Å²) in [6.07, 6.45) is 0. The second-order valence-corrected chi connectivity index (χ2v) is 7.55. The monoisotopic (exact) mass is 230 g/mol. The quantitative estimate of drug-likeness (QED) is 0.561. The first-order valence-electron chi connectivity index (χ1n) is 5.47. The minimum Gasteiger partial charge on any atom is -0.308 e. The molecule has 0 aliphatic heterocycles. The van der Waals surface area contributed by atoms with Gasteiger partial charge in [0.2, 0.25) is 0 Å². The highest BCUT2D eigenvalue weighted by Gasteiger charge is 2.30. The van der Waals surface area contributed by atoms with Crippen LogP contribution in [-0.4, -0.2) is 8.41 Å². The van der Waals surface area contributed by atoms with Gasteiger partial charge in [-0.25, -0.2) is 0 Å². The van der Waals surface area contributed by atoms with Crippen LogP contribution in [0.5, 0.6) is 0 Å². The maximum Gasteiger partial charge on any atom is 0.278 e. The molecular weight excluding hydrogens is 215 g/mol. The lowest BCUT2D eigenvalue weighted by molar-refractivity contribution is 0.799. The Morgan fingerprint density at radius 1 is 0.875 bits per heavy atom. The zero-order valence-electron chi connectivity index (χ0n) is 9.36. The van der Waals surface area contributed by atoms with Gasteiger partial charge < -0.3 is 4.11 Å². The highest BCUT2D eigenvalue weighted by atomic mass is 28.4. The molecule has 0 saturated heterocycles. The van der Waals surface area contributed by atoms with E-state index in [1.54, 1.807) is 6.55 Å². The Balaban J connectivity index is 2.21. The van der Waals surface area contributed by atoms with Crippen LogP contribution in [0.2, 0.25) is 6.55 Å². The largest absolute Gasteiger partial charge is 0.308 e. The smallest absolute Gasteiger partial charge is 0.278 e. The van der Waals surface area contributed by atoms with Gasteiger partial charge in [-0.05, 0) is 23.3 Å². The first-order chi connectivity index (χ1) is 7.68. The van der Waals surface area contributed by atoms with E-state index in [4.69, 9.17) is 0 Å². The number of rotatable bonds is 3. The first kappa shape index (κ1) is 11.1. The predicted octanol–water partition coefficient (Wildman–Crippen LogP) is 3.22. The molecule has 2 aromatic carbocycles. The topological polar surface area (TPSA) is 0 Å². The van der Waals surface area contributed by atoms with Crippen molar-refractivity contribution in [3.05, 3.63) is 66.2 Å². The van der Waals surface area contributed by atoms with Crippen LogP contribution in [-0.2, 0) is 6.04 Å². The SMILES string of the molecule is C[Si](F)(Cc1ccccc1)c1ccccc1. The van der Waals surface area contributed by atoms with Gasteiger partial charge in [-0.1, -0.05) is 60.7 Å². The van der Waals surface area contributed by atoms with Gasteiger partial charge in [0.15, 0.2) is 0 Å². The van der Waals surface area contributed by atoms with Crippen molar-refractivity contribution < 1.29 is 4.11 Å². The third-order valence-electron chi connectivity index (χ3n) is 2.75. The summed E-state index contributed by atoms with van der Waals surface area (Å²) in [4.78, 5) is 0. The molecule has 0 nitrogen and oxygen atoms in total. The molecule has 0 aliphatic carbocycles. The molecule has 1 atom stereocenters. The molecule has 0 N–H and O–H groups in total. The van der Waals surface area contributed by atoms with Gasteiger partial charge in [0, 0.05) is 0 Å². The van der Waals surface area contributed by atoms with E-state index < -0.39 is 8.41 Å². The lowest BCUT2D eigenvalue weighted by Gasteiger charge is -2.17. The van der Waals surface area contributed by atoms with E-state index in [-0.39, 0.29) is 0 Å². The standard InChI is InChI=1S/C14H15FSi/c1-16(15,14-10-6-3-7-11-14)12-13-8-4-2-5-9-13/h2-11H,12H2,1H3. The second-order valence-electron chi connectivity index (χ2n) is 4.23. The van der Waals surface area contributed by atoms with Crippen molar-refractivity contribution in [3.63, 3.8) is 0 Å². The molecule has 0 bridgehead atoms. The maximum absolute atomic E-state index is 14.6. The summed E-state index contributed by atoms with van der Waals surface area (Å²) in [6.45, 7) is 1.77. The summed E-state index contributed by atoms with van der Waals surface area (Å²) in [7, 11) is -2.82. The average molecular weight is 230 g/mol. The fourth-order valence-electron chi connectivity index (χ4n) is 1.87. The van der Waals surface area contributed by atoms with Gasteiger partial charge in [0.1, 0.15) is 0 Å². The third-order valence-corrected chi connectivity index (χ3v) is 5.36. The van der Waals surface area contributed by atoms with Crippen LogP contribution in [0.1, 0.15) is 5.56 Å². The Morgan fingerprint density at radius 2 is 1.38 bits per heavy atom. The van der Waals surface area contributed by atoms with Crippen LogP contribution in [0.15, 0.2) is 60.7 Å². The molecule has 16 heavy (non-hydrogen) atoms. The molecule has 2 rings (SSSR count). The summed E-state index contributed by atoms with van der Waals surface area (Å²) >= 11 is 0. The Morgan fingerprint density at radius 3 is 1.94 bits per heavy atom. The van der Waals surface area contributed by atoms with Gasteiger partial charge >= 0.3 is 0 Å². The van der Waals surface area contributed by atoms with Crippen molar-refractivity contribution in [2.75, 3.05) is 0 Å². The van der Waals surface area contributed by atoms with E-state index in [1.807, 2.05) is 60.7 Å². The molecule has 0 spiro atoms. The molecule has 82 valence electrons. The van der Waals surface area contributed by atoms with Crippen LogP contribution in [0, 0.1) is 0 Å². The molecule has 0 aromatic heterocycles. The minimum atomic E-state index is -2.82. The Kier molecular flexibility index (Phi) is 3.20. The number of halogens is 1. The Bertz CT molecular complexity index is 437. The summed E-state index contributed by atoms with van der Waals surface area (Å²) in [5.41, 5.74) is 1.09. The number of benzene rings is 2. The van der Waals surface area contributed by atoms with Gasteiger partial charge in [0.05, 0.1) is 0 Å². The minimum absolute atomic E-state index is 0.553. The molecule has 2 heteroatoms. The lowest BCUT2D eigenvalue weighted by atomic mass is 10.2. The second kappa shape index (κ2) is 4.62. The predicted molar refractivity (Wildman–Crippen MR) is 68.9 cm³/mol. The van der Waals surface area contributed by atoms with Crippen molar-refractivity contribution in [1.29, 1.82) is 0 Å². The normalized spacial score (nSPS) is 14.4. The lowest BCUT2D eigenvalue weighted by Crippen LogP contribution is -2.42. The van der Waals surface area contributed by atoms with Crippen molar-refractivity contribution >= 4 is 13.6 Å². The summed E-state index contributed by atoms with van der Waals surface area (Å²) in [6, 6.07) is 20.0. The molecule has 1 unspecified atom stereocenters. The number of hydrogen-bond donors (Lipinski definition) is 0.